The minimum Gasteiger partial charge on any atom is -0.504 e. The molecule has 0 aliphatic heterocycles. The Morgan fingerprint density at radius 3 is 2.47 bits per heavy atom. The first kappa shape index (κ1) is 13.1. The van der Waals surface area contributed by atoms with Crippen LogP contribution in [0.15, 0.2) is 12.1 Å². The average Bonchev–Trinajstić information content (AvgIpc) is 2.30. The number of aliphatic carboxylic acids is 1. The average molecular weight is 243 g/mol. The summed E-state index contributed by atoms with van der Waals surface area (Å²) in [7, 11) is 1.25. The van der Waals surface area contributed by atoms with E-state index in [1.165, 1.54) is 13.2 Å². The summed E-state index contributed by atoms with van der Waals surface area (Å²) in [4.78, 5) is 10.6. The molecule has 0 heterocycles. The zero-order valence-corrected chi connectivity index (χ0v) is 8.99. The summed E-state index contributed by atoms with van der Waals surface area (Å²) in [5.41, 5.74) is 5.27. The van der Waals surface area contributed by atoms with E-state index < -0.39 is 29.6 Å². The molecular formula is C10H13NO6. The minimum atomic E-state index is -1.54. The predicted octanol–water partition coefficient (Wildman–Crippen LogP) is -0.448. The lowest BCUT2D eigenvalue weighted by Gasteiger charge is -2.17. The third kappa shape index (κ3) is 2.58. The topological polar surface area (TPSA) is 133 Å². The molecule has 0 radical (unpaired) electrons. The van der Waals surface area contributed by atoms with Crippen LogP contribution in [0.25, 0.3) is 0 Å². The predicted molar refractivity (Wildman–Crippen MR) is 56.9 cm³/mol. The van der Waals surface area contributed by atoms with Gasteiger partial charge in [-0.3, -0.25) is 4.79 Å². The fraction of sp³-hybridized carbons (Fsp3) is 0.300. The first-order chi connectivity index (χ1) is 7.88. The van der Waals surface area contributed by atoms with Crippen molar-refractivity contribution in [1.82, 2.24) is 0 Å². The van der Waals surface area contributed by atoms with Gasteiger partial charge in [-0.05, 0) is 17.7 Å². The maximum atomic E-state index is 10.6. The second-order valence-corrected chi connectivity index (χ2v) is 3.40. The van der Waals surface area contributed by atoms with Crippen LogP contribution >= 0.6 is 0 Å². The Morgan fingerprint density at radius 1 is 1.41 bits per heavy atom. The number of methoxy groups -OCH3 is 1. The molecule has 0 aliphatic carbocycles. The van der Waals surface area contributed by atoms with E-state index in [4.69, 9.17) is 15.6 Å². The minimum absolute atomic E-state index is 0.0343. The molecule has 0 aliphatic rings. The molecule has 0 amide bonds. The molecule has 0 saturated carbocycles. The van der Waals surface area contributed by atoms with Gasteiger partial charge in [0, 0.05) is 0 Å². The van der Waals surface area contributed by atoms with Crippen LogP contribution in [0.3, 0.4) is 0 Å². The Hall–Kier alpha value is -1.99. The van der Waals surface area contributed by atoms with Gasteiger partial charge in [-0.15, -0.1) is 0 Å². The third-order valence-corrected chi connectivity index (χ3v) is 2.26. The second kappa shape index (κ2) is 4.89. The van der Waals surface area contributed by atoms with E-state index in [1.807, 2.05) is 0 Å². The van der Waals surface area contributed by atoms with E-state index >= 15 is 0 Å². The van der Waals surface area contributed by atoms with Gasteiger partial charge in [-0.2, -0.15) is 0 Å². The lowest BCUT2D eigenvalue weighted by molar-refractivity contribution is -0.141. The van der Waals surface area contributed by atoms with Gasteiger partial charge < -0.3 is 30.9 Å². The SMILES string of the molecule is COc1cc(C(O)C(N)C(=O)O)cc(O)c1O. The summed E-state index contributed by atoms with van der Waals surface area (Å²) < 4.78 is 4.75. The van der Waals surface area contributed by atoms with E-state index in [1.54, 1.807) is 0 Å². The molecule has 0 aromatic heterocycles. The van der Waals surface area contributed by atoms with Crippen molar-refractivity contribution in [1.29, 1.82) is 0 Å². The first-order valence-electron chi connectivity index (χ1n) is 4.64. The Morgan fingerprint density at radius 2 is 2.00 bits per heavy atom. The molecule has 1 aromatic rings. The number of benzene rings is 1. The Labute approximate surface area is 96.7 Å². The molecule has 7 heteroatoms. The maximum absolute atomic E-state index is 10.6. The summed E-state index contributed by atoms with van der Waals surface area (Å²) in [6.45, 7) is 0. The molecule has 0 saturated heterocycles. The number of ether oxygens (including phenoxy) is 1. The summed E-state index contributed by atoms with van der Waals surface area (Å²) in [5.74, 6) is -2.50. The highest BCUT2D eigenvalue weighted by molar-refractivity contribution is 5.74. The van der Waals surface area contributed by atoms with Crippen LogP contribution in [0.1, 0.15) is 11.7 Å². The molecule has 6 N–H and O–H groups in total. The number of hydrogen-bond acceptors (Lipinski definition) is 6. The smallest absolute Gasteiger partial charge is 0.323 e. The van der Waals surface area contributed by atoms with Gasteiger partial charge in [0.25, 0.3) is 0 Å². The Balaban J connectivity index is 3.15. The highest BCUT2D eigenvalue weighted by Gasteiger charge is 2.25. The molecular weight excluding hydrogens is 230 g/mol. The van der Waals surface area contributed by atoms with E-state index in [0.29, 0.717) is 0 Å². The van der Waals surface area contributed by atoms with Crippen molar-refractivity contribution in [2.45, 2.75) is 12.1 Å². The first-order valence-corrected chi connectivity index (χ1v) is 4.64. The van der Waals surface area contributed by atoms with Crippen molar-refractivity contribution in [3.05, 3.63) is 17.7 Å². The third-order valence-electron chi connectivity index (χ3n) is 2.26. The largest absolute Gasteiger partial charge is 0.504 e. The van der Waals surface area contributed by atoms with Crippen LogP contribution in [0, 0.1) is 0 Å². The number of phenolic OH excluding ortho intramolecular Hbond substituents is 2. The van der Waals surface area contributed by atoms with Crippen LogP contribution in [0.5, 0.6) is 17.2 Å². The fourth-order valence-corrected chi connectivity index (χ4v) is 1.28. The normalized spacial score (nSPS) is 14.1. The van der Waals surface area contributed by atoms with Crippen LogP contribution in [0.4, 0.5) is 0 Å². The van der Waals surface area contributed by atoms with E-state index in [-0.39, 0.29) is 11.3 Å². The molecule has 1 rings (SSSR count). The molecule has 17 heavy (non-hydrogen) atoms. The van der Waals surface area contributed by atoms with Crippen LogP contribution in [0.2, 0.25) is 0 Å². The Bertz CT molecular complexity index is 433. The van der Waals surface area contributed by atoms with Gasteiger partial charge in [0.2, 0.25) is 5.75 Å². The van der Waals surface area contributed by atoms with Gasteiger partial charge in [0.05, 0.1) is 7.11 Å². The van der Waals surface area contributed by atoms with Gasteiger partial charge in [-0.1, -0.05) is 0 Å². The lowest BCUT2D eigenvalue weighted by atomic mass is 10.0. The number of carboxylic acids is 1. The molecule has 0 spiro atoms. The second-order valence-electron chi connectivity index (χ2n) is 3.40. The molecule has 94 valence electrons. The zero-order valence-electron chi connectivity index (χ0n) is 8.99. The number of carbonyl (C=O) groups is 1. The summed E-state index contributed by atoms with van der Waals surface area (Å²) in [6, 6.07) is 0.678. The summed E-state index contributed by atoms with van der Waals surface area (Å²) in [6.07, 6.45) is -1.52. The molecule has 2 atom stereocenters. The van der Waals surface area contributed by atoms with Crippen molar-refractivity contribution in [3.8, 4) is 17.2 Å². The van der Waals surface area contributed by atoms with Crippen LogP contribution in [-0.4, -0.2) is 39.5 Å². The van der Waals surface area contributed by atoms with Crippen molar-refractivity contribution < 1.29 is 30.0 Å². The van der Waals surface area contributed by atoms with Crippen LogP contribution in [-0.2, 0) is 4.79 Å². The zero-order chi connectivity index (χ0) is 13.2. The van der Waals surface area contributed by atoms with Gasteiger partial charge >= 0.3 is 5.97 Å². The van der Waals surface area contributed by atoms with E-state index in [0.717, 1.165) is 6.07 Å². The number of carboxylic acid groups (broad SMARTS) is 1. The van der Waals surface area contributed by atoms with Gasteiger partial charge in [-0.25, -0.2) is 0 Å². The van der Waals surface area contributed by atoms with Crippen molar-refractivity contribution in [2.75, 3.05) is 7.11 Å². The maximum Gasteiger partial charge on any atom is 0.323 e. The fourth-order valence-electron chi connectivity index (χ4n) is 1.28. The number of nitrogens with two attached hydrogens (primary N) is 1. The highest BCUT2D eigenvalue weighted by Crippen LogP contribution is 2.38. The summed E-state index contributed by atoms with van der Waals surface area (Å²) >= 11 is 0. The van der Waals surface area contributed by atoms with Crippen molar-refractivity contribution in [3.63, 3.8) is 0 Å². The monoisotopic (exact) mass is 243 g/mol. The number of aliphatic hydroxyl groups is 1. The van der Waals surface area contributed by atoms with E-state index in [9.17, 15) is 20.1 Å². The van der Waals surface area contributed by atoms with Gasteiger partial charge in [0.15, 0.2) is 11.5 Å². The quantitative estimate of drug-likeness (QED) is 0.452. The van der Waals surface area contributed by atoms with Crippen LogP contribution < -0.4 is 10.5 Å². The standard InChI is InChI=1S/C10H13NO6/c1-17-6-3-4(2-5(12)9(6)14)8(13)7(11)10(15)16/h2-3,7-8,12-14H,11H2,1H3,(H,15,16). The molecule has 0 fully saturated rings. The lowest BCUT2D eigenvalue weighted by Crippen LogP contribution is -2.36. The number of aromatic hydroxyl groups is 2. The van der Waals surface area contributed by atoms with Crippen molar-refractivity contribution in [2.24, 2.45) is 5.73 Å². The molecule has 1 aromatic carbocycles. The number of hydrogen-bond donors (Lipinski definition) is 5. The Kier molecular flexibility index (Phi) is 3.77. The highest BCUT2D eigenvalue weighted by atomic mass is 16.5. The number of aliphatic hydroxyl groups excluding tert-OH is 1. The van der Waals surface area contributed by atoms with Crippen molar-refractivity contribution >= 4 is 5.97 Å². The molecule has 0 bridgehead atoms. The number of rotatable bonds is 4. The summed E-state index contributed by atoms with van der Waals surface area (Å²) in [5, 5.41) is 37.0. The van der Waals surface area contributed by atoms with Gasteiger partial charge in [0.1, 0.15) is 12.1 Å². The van der Waals surface area contributed by atoms with E-state index in [2.05, 4.69) is 0 Å². The molecule has 7 nitrogen and oxygen atoms in total. The molecule has 2 unspecified atom stereocenters. The number of phenols is 2.